The quantitative estimate of drug-likeness (QED) is 0.800. The van der Waals surface area contributed by atoms with Gasteiger partial charge in [-0.3, -0.25) is 4.79 Å². The standard InChI is InChI=1S/C20H26N2O3/c1-5-17(25-19-9-7-6-8-18(19)24-4)20(23)21-14-15-10-12-16(13-11-15)22(2)3/h6-13,17H,5,14H2,1-4H3,(H,21,23). The lowest BCUT2D eigenvalue weighted by Gasteiger charge is -2.19. The number of hydrogen-bond donors (Lipinski definition) is 1. The number of anilines is 1. The van der Waals surface area contributed by atoms with Crippen molar-refractivity contribution in [3.05, 3.63) is 54.1 Å². The molecule has 0 bridgehead atoms. The van der Waals surface area contributed by atoms with Crippen LogP contribution >= 0.6 is 0 Å². The Kier molecular flexibility index (Phi) is 6.69. The normalized spacial score (nSPS) is 11.5. The van der Waals surface area contributed by atoms with Crippen molar-refractivity contribution >= 4 is 11.6 Å². The molecule has 2 aromatic carbocycles. The summed E-state index contributed by atoms with van der Waals surface area (Å²) in [6.45, 7) is 2.39. The van der Waals surface area contributed by atoms with E-state index < -0.39 is 6.10 Å². The number of benzene rings is 2. The van der Waals surface area contributed by atoms with Crippen molar-refractivity contribution in [2.75, 3.05) is 26.1 Å². The minimum absolute atomic E-state index is 0.134. The van der Waals surface area contributed by atoms with Crippen molar-refractivity contribution < 1.29 is 14.3 Å². The Hall–Kier alpha value is -2.69. The van der Waals surface area contributed by atoms with Gasteiger partial charge in [0.05, 0.1) is 7.11 Å². The number of nitrogens with one attached hydrogen (secondary N) is 1. The zero-order valence-electron chi connectivity index (χ0n) is 15.3. The molecule has 0 saturated heterocycles. The van der Waals surface area contributed by atoms with Crippen LogP contribution in [0.1, 0.15) is 18.9 Å². The molecule has 0 fully saturated rings. The Morgan fingerprint density at radius 1 is 1.08 bits per heavy atom. The van der Waals surface area contributed by atoms with Gasteiger partial charge in [-0.15, -0.1) is 0 Å². The van der Waals surface area contributed by atoms with Gasteiger partial charge in [-0.25, -0.2) is 0 Å². The monoisotopic (exact) mass is 342 g/mol. The number of carbonyl (C=O) groups excluding carboxylic acids is 1. The van der Waals surface area contributed by atoms with Crippen molar-refractivity contribution in [1.29, 1.82) is 0 Å². The summed E-state index contributed by atoms with van der Waals surface area (Å²) in [7, 11) is 5.58. The highest BCUT2D eigenvalue weighted by molar-refractivity contribution is 5.81. The zero-order chi connectivity index (χ0) is 18.2. The van der Waals surface area contributed by atoms with E-state index in [1.165, 1.54) is 0 Å². The van der Waals surface area contributed by atoms with Gasteiger partial charge in [-0.2, -0.15) is 0 Å². The Bertz CT molecular complexity index is 684. The SMILES string of the molecule is CCC(Oc1ccccc1OC)C(=O)NCc1ccc(N(C)C)cc1. The van der Waals surface area contributed by atoms with Gasteiger partial charge < -0.3 is 19.7 Å². The van der Waals surface area contributed by atoms with Crippen LogP contribution in [0.15, 0.2) is 48.5 Å². The third-order valence-electron chi connectivity index (χ3n) is 3.92. The van der Waals surface area contributed by atoms with Gasteiger partial charge >= 0.3 is 0 Å². The fourth-order valence-corrected chi connectivity index (χ4v) is 2.41. The van der Waals surface area contributed by atoms with Crippen LogP contribution in [0.2, 0.25) is 0 Å². The molecule has 1 amide bonds. The number of methoxy groups -OCH3 is 1. The van der Waals surface area contributed by atoms with Crippen LogP contribution in [0.3, 0.4) is 0 Å². The van der Waals surface area contributed by atoms with E-state index in [0.717, 1.165) is 11.3 Å². The van der Waals surface area contributed by atoms with E-state index in [2.05, 4.69) is 5.32 Å². The van der Waals surface area contributed by atoms with Crippen LogP contribution in [0.5, 0.6) is 11.5 Å². The molecular weight excluding hydrogens is 316 g/mol. The summed E-state index contributed by atoms with van der Waals surface area (Å²) in [5.41, 5.74) is 2.17. The van der Waals surface area contributed by atoms with E-state index in [1.54, 1.807) is 13.2 Å². The van der Waals surface area contributed by atoms with Gasteiger partial charge in [-0.05, 0) is 36.2 Å². The molecule has 1 N–H and O–H groups in total. The summed E-state index contributed by atoms with van der Waals surface area (Å²) >= 11 is 0. The molecule has 0 aliphatic heterocycles. The highest BCUT2D eigenvalue weighted by atomic mass is 16.5. The van der Waals surface area contributed by atoms with Gasteiger partial charge in [0, 0.05) is 26.3 Å². The first-order valence-electron chi connectivity index (χ1n) is 8.38. The van der Waals surface area contributed by atoms with Gasteiger partial charge in [0.2, 0.25) is 0 Å². The first-order valence-corrected chi connectivity index (χ1v) is 8.38. The summed E-state index contributed by atoms with van der Waals surface area (Å²) in [6.07, 6.45) is 0.0149. The Balaban J connectivity index is 1.95. The van der Waals surface area contributed by atoms with E-state index >= 15 is 0 Å². The summed E-state index contributed by atoms with van der Waals surface area (Å²) in [5, 5.41) is 2.94. The molecule has 5 heteroatoms. The lowest BCUT2D eigenvalue weighted by Crippen LogP contribution is -2.37. The van der Waals surface area contributed by atoms with E-state index in [1.807, 2.05) is 68.4 Å². The van der Waals surface area contributed by atoms with Crippen LogP contribution in [0.25, 0.3) is 0 Å². The third-order valence-corrected chi connectivity index (χ3v) is 3.92. The Labute approximate surface area is 149 Å². The minimum atomic E-state index is -0.558. The molecule has 0 saturated carbocycles. The molecule has 5 nitrogen and oxygen atoms in total. The maximum atomic E-state index is 12.4. The second-order valence-electron chi connectivity index (χ2n) is 5.94. The molecule has 0 radical (unpaired) electrons. The predicted molar refractivity (Wildman–Crippen MR) is 100 cm³/mol. The summed E-state index contributed by atoms with van der Waals surface area (Å²) < 4.78 is 11.1. The summed E-state index contributed by atoms with van der Waals surface area (Å²) in [4.78, 5) is 14.5. The van der Waals surface area contributed by atoms with E-state index in [-0.39, 0.29) is 5.91 Å². The molecule has 1 atom stereocenters. The average molecular weight is 342 g/mol. The van der Waals surface area contributed by atoms with Crippen LogP contribution in [0.4, 0.5) is 5.69 Å². The predicted octanol–water partition coefficient (Wildman–Crippen LogP) is 3.24. The van der Waals surface area contributed by atoms with Gasteiger partial charge in [0.1, 0.15) is 0 Å². The maximum Gasteiger partial charge on any atom is 0.261 e. The number of hydrogen-bond acceptors (Lipinski definition) is 4. The molecular formula is C20H26N2O3. The molecule has 0 aliphatic rings. The highest BCUT2D eigenvalue weighted by Crippen LogP contribution is 2.27. The number of para-hydroxylation sites is 2. The molecule has 1 unspecified atom stereocenters. The first-order chi connectivity index (χ1) is 12.0. The van der Waals surface area contributed by atoms with E-state index in [9.17, 15) is 4.79 Å². The second-order valence-corrected chi connectivity index (χ2v) is 5.94. The lowest BCUT2D eigenvalue weighted by molar-refractivity contribution is -0.128. The number of rotatable bonds is 8. The van der Waals surface area contributed by atoms with Gasteiger partial charge in [-0.1, -0.05) is 31.2 Å². The van der Waals surface area contributed by atoms with E-state index in [0.29, 0.717) is 24.5 Å². The van der Waals surface area contributed by atoms with Crippen LogP contribution in [-0.4, -0.2) is 33.2 Å². The van der Waals surface area contributed by atoms with Crippen molar-refractivity contribution in [3.8, 4) is 11.5 Å². The lowest BCUT2D eigenvalue weighted by atomic mass is 10.2. The third kappa shape index (κ3) is 5.14. The number of nitrogens with zero attached hydrogens (tertiary/aromatic N) is 1. The topological polar surface area (TPSA) is 50.8 Å². The Morgan fingerprint density at radius 2 is 1.72 bits per heavy atom. The number of carbonyl (C=O) groups is 1. The van der Waals surface area contributed by atoms with Gasteiger partial charge in [0.15, 0.2) is 17.6 Å². The van der Waals surface area contributed by atoms with E-state index in [4.69, 9.17) is 9.47 Å². The van der Waals surface area contributed by atoms with Crippen molar-refractivity contribution in [1.82, 2.24) is 5.32 Å². The molecule has 25 heavy (non-hydrogen) atoms. The van der Waals surface area contributed by atoms with Crippen LogP contribution in [0, 0.1) is 0 Å². The van der Waals surface area contributed by atoms with Crippen LogP contribution in [-0.2, 0) is 11.3 Å². The maximum absolute atomic E-state index is 12.4. The molecule has 134 valence electrons. The average Bonchev–Trinajstić information content (AvgIpc) is 2.64. The molecule has 2 rings (SSSR count). The minimum Gasteiger partial charge on any atom is -0.493 e. The van der Waals surface area contributed by atoms with Crippen molar-refractivity contribution in [2.24, 2.45) is 0 Å². The molecule has 0 aromatic heterocycles. The fourth-order valence-electron chi connectivity index (χ4n) is 2.41. The largest absolute Gasteiger partial charge is 0.493 e. The van der Waals surface area contributed by atoms with Gasteiger partial charge in [0.25, 0.3) is 5.91 Å². The summed E-state index contributed by atoms with van der Waals surface area (Å²) in [6, 6.07) is 15.4. The molecule has 0 heterocycles. The number of amides is 1. The summed E-state index contributed by atoms with van der Waals surface area (Å²) in [5.74, 6) is 1.06. The number of ether oxygens (including phenoxy) is 2. The zero-order valence-corrected chi connectivity index (χ0v) is 15.3. The first kappa shape index (κ1) is 18.6. The molecule has 0 aliphatic carbocycles. The fraction of sp³-hybridized carbons (Fsp3) is 0.350. The molecule has 2 aromatic rings. The van der Waals surface area contributed by atoms with Crippen LogP contribution < -0.4 is 19.7 Å². The Morgan fingerprint density at radius 3 is 2.28 bits per heavy atom. The van der Waals surface area contributed by atoms with Crippen molar-refractivity contribution in [2.45, 2.75) is 26.0 Å². The smallest absolute Gasteiger partial charge is 0.261 e. The second kappa shape index (κ2) is 8.97. The van der Waals surface area contributed by atoms with Crippen molar-refractivity contribution in [3.63, 3.8) is 0 Å². The highest BCUT2D eigenvalue weighted by Gasteiger charge is 2.19. The molecule has 0 spiro atoms.